The zero-order valence-corrected chi connectivity index (χ0v) is 23.8. The SMILES string of the molecule is CCCN(CCC)C(=O)c1cccc(C(=O)NC(CC(C)C)P(=O)(O)CC(CC(N)=O)c2ccccc2)c1. The molecule has 3 unspecified atom stereocenters. The summed E-state index contributed by atoms with van der Waals surface area (Å²) >= 11 is 0. The molecule has 38 heavy (non-hydrogen) atoms. The van der Waals surface area contributed by atoms with Crippen molar-refractivity contribution in [3.63, 3.8) is 0 Å². The highest BCUT2D eigenvalue weighted by Crippen LogP contribution is 2.51. The van der Waals surface area contributed by atoms with Gasteiger partial charge in [0.25, 0.3) is 11.8 Å². The molecule has 3 atom stereocenters. The topological polar surface area (TPSA) is 130 Å². The Kier molecular flexibility index (Phi) is 12.2. The van der Waals surface area contributed by atoms with Crippen molar-refractivity contribution < 1.29 is 23.8 Å². The van der Waals surface area contributed by atoms with E-state index < -0.39 is 30.9 Å². The third-order valence-electron chi connectivity index (χ3n) is 6.33. The van der Waals surface area contributed by atoms with Crippen molar-refractivity contribution in [2.75, 3.05) is 19.3 Å². The lowest BCUT2D eigenvalue weighted by Crippen LogP contribution is -2.37. The Labute approximate surface area is 226 Å². The van der Waals surface area contributed by atoms with Crippen LogP contribution in [-0.2, 0) is 9.36 Å². The molecule has 0 spiro atoms. The van der Waals surface area contributed by atoms with Crippen LogP contribution in [0.2, 0.25) is 0 Å². The van der Waals surface area contributed by atoms with E-state index >= 15 is 0 Å². The van der Waals surface area contributed by atoms with Gasteiger partial charge in [-0.1, -0.05) is 64.1 Å². The first-order valence-corrected chi connectivity index (χ1v) is 15.2. The highest BCUT2D eigenvalue weighted by Gasteiger charge is 2.36. The monoisotopic (exact) mass is 543 g/mol. The Morgan fingerprint density at radius 1 is 0.974 bits per heavy atom. The molecular weight excluding hydrogens is 501 g/mol. The van der Waals surface area contributed by atoms with Gasteiger partial charge in [-0.05, 0) is 48.9 Å². The first-order valence-electron chi connectivity index (χ1n) is 13.3. The van der Waals surface area contributed by atoms with Gasteiger partial charge >= 0.3 is 0 Å². The van der Waals surface area contributed by atoms with Crippen molar-refractivity contribution in [1.29, 1.82) is 0 Å². The van der Waals surface area contributed by atoms with Crippen LogP contribution in [0, 0.1) is 5.92 Å². The molecule has 0 aliphatic heterocycles. The van der Waals surface area contributed by atoms with Crippen molar-refractivity contribution in [3.05, 3.63) is 71.3 Å². The van der Waals surface area contributed by atoms with E-state index in [2.05, 4.69) is 5.32 Å². The maximum Gasteiger partial charge on any atom is 0.253 e. The Morgan fingerprint density at radius 2 is 1.58 bits per heavy atom. The molecule has 0 aromatic heterocycles. The minimum atomic E-state index is -3.99. The minimum absolute atomic E-state index is 0.0247. The molecule has 208 valence electrons. The molecule has 0 saturated heterocycles. The van der Waals surface area contributed by atoms with Gasteiger partial charge in [0.1, 0.15) is 5.78 Å². The number of rotatable bonds is 15. The molecule has 3 amide bonds. The Bertz CT molecular complexity index is 1120. The maximum absolute atomic E-state index is 13.7. The molecule has 0 aliphatic rings. The fraction of sp³-hybridized carbons (Fsp3) is 0.483. The Hall–Kier alpha value is -2.96. The second-order valence-corrected chi connectivity index (χ2v) is 12.7. The standard InChI is InChI=1S/C29H42N3O5P/c1-5-15-32(16-6-2)29(35)24-14-10-13-23(18-24)28(34)31-27(17-21(3)4)38(36,37)20-25(19-26(30)33)22-11-8-7-9-12-22/h7-14,18,21,25,27H,5-6,15-17,19-20H2,1-4H3,(H2,30,33)(H,31,34)(H,36,37). The van der Waals surface area contributed by atoms with Crippen LogP contribution in [0.3, 0.4) is 0 Å². The van der Waals surface area contributed by atoms with E-state index in [1.54, 1.807) is 47.4 Å². The number of primary amides is 1. The summed E-state index contributed by atoms with van der Waals surface area (Å²) < 4.78 is 13.7. The second-order valence-electron chi connectivity index (χ2n) is 10.2. The van der Waals surface area contributed by atoms with Crippen LogP contribution in [0.4, 0.5) is 0 Å². The summed E-state index contributed by atoms with van der Waals surface area (Å²) in [4.78, 5) is 51.1. The molecule has 0 heterocycles. The lowest BCUT2D eigenvalue weighted by Gasteiger charge is -2.29. The first-order chi connectivity index (χ1) is 18.0. The van der Waals surface area contributed by atoms with Crippen LogP contribution in [0.15, 0.2) is 54.6 Å². The van der Waals surface area contributed by atoms with Crippen LogP contribution in [0.1, 0.15) is 85.6 Å². The van der Waals surface area contributed by atoms with Crippen molar-refractivity contribution in [1.82, 2.24) is 10.2 Å². The summed E-state index contributed by atoms with van der Waals surface area (Å²) in [5, 5.41) is 2.77. The van der Waals surface area contributed by atoms with Gasteiger partial charge in [0, 0.05) is 42.7 Å². The predicted octanol–water partition coefficient (Wildman–Crippen LogP) is 4.98. The molecule has 0 saturated carbocycles. The number of hydrogen-bond acceptors (Lipinski definition) is 4. The average molecular weight is 544 g/mol. The number of nitrogens with one attached hydrogen (secondary N) is 1. The third-order valence-corrected chi connectivity index (χ3v) is 8.60. The van der Waals surface area contributed by atoms with Crippen molar-refractivity contribution in [3.8, 4) is 0 Å². The largest absolute Gasteiger partial charge is 0.370 e. The summed E-state index contributed by atoms with van der Waals surface area (Å²) in [6, 6.07) is 15.5. The second kappa shape index (κ2) is 14.8. The van der Waals surface area contributed by atoms with Crippen LogP contribution in [-0.4, -0.2) is 52.5 Å². The van der Waals surface area contributed by atoms with Gasteiger partial charge in [-0.15, -0.1) is 0 Å². The Balaban J connectivity index is 2.29. The fourth-order valence-corrected chi connectivity index (χ4v) is 6.83. The summed E-state index contributed by atoms with van der Waals surface area (Å²) in [6.07, 6.45) is 1.66. The molecular formula is C29H42N3O5P. The molecule has 2 rings (SSSR count). The molecule has 4 N–H and O–H groups in total. The van der Waals surface area contributed by atoms with Crippen LogP contribution >= 0.6 is 7.37 Å². The van der Waals surface area contributed by atoms with E-state index in [0.717, 1.165) is 18.4 Å². The maximum atomic E-state index is 13.7. The summed E-state index contributed by atoms with van der Waals surface area (Å²) in [7, 11) is -3.99. The number of carbonyl (C=O) groups excluding carboxylic acids is 3. The number of amides is 3. The van der Waals surface area contributed by atoms with Crippen molar-refractivity contribution in [2.45, 2.75) is 65.1 Å². The highest BCUT2D eigenvalue weighted by atomic mass is 31.2. The summed E-state index contributed by atoms with van der Waals surface area (Å²) in [5.41, 5.74) is 6.84. The zero-order valence-electron chi connectivity index (χ0n) is 22.9. The lowest BCUT2D eigenvalue weighted by atomic mass is 9.97. The van der Waals surface area contributed by atoms with Gasteiger partial charge < -0.3 is 20.8 Å². The molecule has 0 radical (unpaired) electrons. The molecule has 2 aromatic rings. The van der Waals surface area contributed by atoms with Gasteiger partial charge in [-0.2, -0.15) is 0 Å². The minimum Gasteiger partial charge on any atom is -0.370 e. The molecule has 0 fully saturated rings. The van der Waals surface area contributed by atoms with E-state index in [9.17, 15) is 23.8 Å². The van der Waals surface area contributed by atoms with Gasteiger partial charge in [-0.3, -0.25) is 18.9 Å². The number of nitrogens with zero attached hydrogens (tertiary/aromatic N) is 1. The highest BCUT2D eigenvalue weighted by molar-refractivity contribution is 7.58. The predicted molar refractivity (Wildman–Crippen MR) is 151 cm³/mol. The van der Waals surface area contributed by atoms with E-state index in [4.69, 9.17) is 5.73 Å². The number of benzene rings is 2. The normalized spacial score (nSPS) is 14.4. The van der Waals surface area contributed by atoms with E-state index in [-0.39, 0.29) is 36.4 Å². The zero-order chi connectivity index (χ0) is 28.3. The van der Waals surface area contributed by atoms with Crippen LogP contribution < -0.4 is 11.1 Å². The van der Waals surface area contributed by atoms with Gasteiger partial charge in [-0.25, -0.2) is 0 Å². The van der Waals surface area contributed by atoms with Crippen LogP contribution in [0.5, 0.6) is 0 Å². The molecule has 2 aromatic carbocycles. The van der Waals surface area contributed by atoms with E-state index in [1.807, 2.05) is 33.8 Å². The van der Waals surface area contributed by atoms with Gasteiger partial charge in [0.2, 0.25) is 13.3 Å². The molecule has 8 nitrogen and oxygen atoms in total. The van der Waals surface area contributed by atoms with Crippen LogP contribution in [0.25, 0.3) is 0 Å². The Morgan fingerprint density at radius 3 is 2.13 bits per heavy atom. The lowest BCUT2D eigenvalue weighted by molar-refractivity contribution is -0.118. The molecule has 0 bridgehead atoms. The van der Waals surface area contributed by atoms with Gasteiger partial charge in [0.15, 0.2) is 0 Å². The smallest absolute Gasteiger partial charge is 0.253 e. The first kappa shape index (κ1) is 31.3. The number of carbonyl (C=O) groups is 3. The third kappa shape index (κ3) is 9.41. The average Bonchev–Trinajstić information content (AvgIpc) is 2.87. The van der Waals surface area contributed by atoms with E-state index in [0.29, 0.717) is 18.7 Å². The fourth-order valence-electron chi connectivity index (χ4n) is 4.54. The van der Waals surface area contributed by atoms with Crippen molar-refractivity contribution >= 4 is 25.1 Å². The number of nitrogens with two attached hydrogens (primary N) is 1. The summed E-state index contributed by atoms with van der Waals surface area (Å²) in [5.74, 6) is -2.79. The number of hydrogen-bond donors (Lipinski definition) is 3. The van der Waals surface area contributed by atoms with Gasteiger partial charge in [0.05, 0.1) is 0 Å². The van der Waals surface area contributed by atoms with E-state index in [1.165, 1.54) is 6.07 Å². The molecule has 0 aliphatic carbocycles. The summed E-state index contributed by atoms with van der Waals surface area (Å²) in [6.45, 7) is 9.09. The molecule has 9 heteroatoms. The van der Waals surface area contributed by atoms with Crippen molar-refractivity contribution in [2.24, 2.45) is 11.7 Å². The quantitative estimate of drug-likeness (QED) is 0.273.